The smallest absolute Gasteiger partial charge is 0.248 e. The lowest BCUT2D eigenvalue weighted by Crippen LogP contribution is -2.51. The summed E-state index contributed by atoms with van der Waals surface area (Å²) in [5.41, 5.74) is 1.65. The summed E-state index contributed by atoms with van der Waals surface area (Å²) in [6, 6.07) is 16.3. The number of methoxy groups -OCH3 is 1. The third-order valence-corrected chi connectivity index (χ3v) is 10.3. The van der Waals surface area contributed by atoms with Crippen LogP contribution in [0.25, 0.3) is 0 Å². The molecule has 8 nitrogen and oxygen atoms in total. The van der Waals surface area contributed by atoms with Crippen molar-refractivity contribution < 1.29 is 24.2 Å². The fraction of sp³-hybridized carbons (Fsp3) is 0.500. The molecule has 0 radical (unpaired) electrons. The molecule has 208 valence electrons. The summed E-state index contributed by atoms with van der Waals surface area (Å²) in [6.07, 6.45) is 4.77. The van der Waals surface area contributed by atoms with E-state index in [0.29, 0.717) is 24.5 Å². The van der Waals surface area contributed by atoms with E-state index in [1.807, 2.05) is 30.3 Å². The summed E-state index contributed by atoms with van der Waals surface area (Å²) in [5, 5.41) is 15.3. The Labute approximate surface area is 233 Å². The van der Waals surface area contributed by atoms with E-state index in [1.165, 1.54) is 0 Å². The van der Waals surface area contributed by atoms with Crippen LogP contribution in [0.1, 0.15) is 44.1 Å². The second-order valence-electron chi connectivity index (χ2n) is 10.6. The number of aliphatic hydroxyl groups excluding tert-OH is 1. The van der Waals surface area contributed by atoms with Crippen molar-refractivity contribution in [2.75, 3.05) is 25.6 Å². The number of carbonyl (C=O) groups excluding carboxylic acids is 3. The van der Waals surface area contributed by atoms with E-state index in [-0.39, 0.29) is 29.6 Å². The Kier molecular flexibility index (Phi) is 8.47. The largest absolute Gasteiger partial charge is 0.497 e. The number of carbonyl (C=O) groups is 3. The minimum Gasteiger partial charge on any atom is -0.497 e. The average molecular weight is 552 g/mol. The highest BCUT2D eigenvalue weighted by Crippen LogP contribution is 2.66. The normalized spacial score (nSPS) is 26.9. The van der Waals surface area contributed by atoms with E-state index in [0.717, 1.165) is 44.1 Å². The van der Waals surface area contributed by atoms with Crippen LogP contribution in [0.4, 0.5) is 5.69 Å². The van der Waals surface area contributed by atoms with Gasteiger partial charge in [-0.05, 0) is 55.5 Å². The molecule has 5 rings (SSSR count). The molecule has 3 saturated heterocycles. The summed E-state index contributed by atoms with van der Waals surface area (Å²) in [4.78, 5) is 43.2. The zero-order valence-corrected chi connectivity index (χ0v) is 23.1. The summed E-state index contributed by atoms with van der Waals surface area (Å²) in [6.45, 7) is 1.03. The van der Waals surface area contributed by atoms with Gasteiger partial charge in [-0.15, -0.1) is 11.8 Å². The number of amides is 3. The van der Waals surface area contributed by atoms with Gasteiger partial charge in [0.05, 0.1) is 23.7 Å². The summed E-state index contributed by atoms with van der Waals surface area (Å²) in [5.74, 6) is -0.653. The van der Waals surface area contributed by atoms with Gasteiger partial charge in [0.25, 0.3) is 0 Å². The SMILES string of the molecule is COc1ccc(NC(=O)C2N(CCCCCCO)C(=O)[C@@H]3[C@H](C(=O)NCc4ccccc4)[C@@H]4CCC23S4)cc1. The molecule has 2 bridgehead atoms. The van der Waals surface area contributed by atoms with Gasteiger partial charge in [0.2, 0.25) is 17.7 Å². The van der Waals surface area contributed by atoms with Crippen LogP contribution >= 0.6 is 11.8 Å². The van der Waals surface area contributed by atoms with Crippen LogP contribution in [0.3, 0.4) is 0 Å². The van der Waals surface area contributed by atoms with Crippen molar-refractivity contribution in [2.24, 2.45) is 11.8 Å². The molecule has 3 heterocycles. The maximum atomic E-state index is 14.0. The Hall–Kier alpha value is -3.04. The van der Waals surface area contributed by atoms with Crippen LogP contribution in [0.2, 0.25) is 0 Å². The quantitative estimate of drug-likeness (QED) is 0.348. The molecule has 3 amide bonds. The van der Waals surface area contributed by atoms with Crippen LogP contribution in [0, 0.1) is 11.8 Å². The lowest BCUT2D eigenvalue weighted by atomic mass is 9.70. The summed E-state index contributed by atoms with van der Waals surface area (Å²) in [7, 11) is 1.59. The van der Waals surface area contributed by atoms with E-state index in [2.05, 4.69) is 10.6 Å². The third-order valence-electron chi connectivity index (χ3n) is 8.33. The van der Waals surface area contributed by atoms with Gasteiger partial charge in [-0.25, -0.2) is 0 Å². The Morgan fingerprint density at radius 2 is 1.79 bits per heavy atom. The number of nitrogens with one attached hydrogen (secondary N) is 2. The van der Waals surface area contributed by atoms with Crippen LogP contribution in [-0.4, -0.2) is 64.0 Å². The number of hydrogen-bond donors (Lipinski definition) is 3. The first kappa shape index (κ1) is 27.5. The fourth-order valence-corrected chi connectivity index (χ4v) is 8.75. The van der Waals surface area contributed by atoms with E-state index < -0.39 is 22.6 Å². The molecular formula is C30H37N3O5S. The van der Waals surface area contributed by atoms with Gasteiger partial charge in [0, 0.05) is 30.6 Å². The number of thioether (sulfide) groups is 1. The highest BCUT2D eigenvalue weighted by molar-refractivity contribution is 8.02. The zero-order valence-electron chi connectivity index (χ0n) is 22.3. The van der Waals surface area contributed by atoms with Gasteiger partial charge >= 0.3 is 0 Å². The second kappa shape index (κ2) is 12.0. The number of ether oxygens (including phenoxy) is 1. The zero-order chi connectivity index (χ0) is 27.4. The van der Waals surface area contributed by atoms with Crippen LogP contribution < -0.4 is 15.4 Å². The third kappa shape index (κ3) is 5.39. The lowest BCUT2D eigenvalue weighted by Gasteiger charge is -2.34. The molecule has 0 aliphatic carbocycles. The van der Waals surface area contributed by atoms with E-state index in [4.69, 9.17) is 9.84 Å². The molecule has 5 atom stereocenters. The predicted molar refractivity (Wildman–Crippen MR) is 151 cm³/mol. The Morgan fingerprint density at radius 3 is 2.51 bits per heavy atom. The minimum absolute atomic E-state index is 0.0257. The maximum Gasteiger partial charge on any atom is 0.248 e. The van der Waals surface area contributed by atoms with Crippen molar-refractivity contribution in [1.29, 1.82) is 0 Å². The van der Waals surface area contributed by atoms with Crippen LogP contribution in [0.5, 0.6) is 5.75 Å². The molecule has 3 aliphatic heterocycles. The molecule has 2 unspecified atom stereocenters. The second-order valence-corrected chi connectivity index (χ2v) is 12.2. The molecule has 39 heavy (non-hydrogen) atoms. The molecule has 2 aromatic rings. The highest BCUT2D eigenvalue weighted by atomic mass is 32.2. The molecule has 3 N–H and O–H groups in total. The fourth-order valence-electron chi connectivity index (χ4n) is 6.53. The molecule has 2 aromatic carbocycles. The van der Waals surface area contributed by atoms with Gasteiger partial charge in [-0.3, -0.25) is 14.4 Å². The first-order valence-electron chi connectivity index (χ1n) is 13.8. The first-order chi connectivity index (χ1) is 19.0. The standard InChI is InChI=1S/C30H37N3O5S/c1-38-22-13-11-21(12-14-22)32-28(36)26-30-16-15-23(39-30)24(27(35)31-19-20-9-5-4-6-10-20)25(30)29(37)33(26)17-7-2-3-8-18-34/h4-6,9-14,23-26,34H,2-3,7-8,15-19H2,1H3,(H,31,35)(H,32,36)/t23-,24+,25-,26?,30?/m0/s1. The number of likely N-dealkylation sites (tertiary alicyclic amines) is 1. The van der Waals surface area contributed by atoms with Gasteiger partial charge in [-0.1, -0.05) is 43.2 Å². The van der Waals surface area contributed by atoms with E-state index in [9.17, 15) is 14.4 Å². The topological polar surface area (TPSA) is 108 Å². The predicted octanol–water partition coefficient (Wildman–Crippen LogP) is 3.59. The number of aliphatic hydroxyl groups is 1. The number of benzene rings is 2. The molecule has 9 heteroatoms. The number of hydrogen-bond acceptors (Lipinski definition) is 6. The number of nitrogens with zero attached hydrogens (tertiary/aromatic N) is 1. The van der Waals surface area contributed by atoms with Gasteiger partial charge < -0.3 is 25.4 Å². The van der Waals surface area contributed by atoms with Gasteiger partial charge in [-0.2, -0.15) is 0 Å². The monoisotopic (exact) mass is 551 g/mol. The maximum absolute atomic E-state index is 14.0. The van der Waals surface area contributed by atoms with Crippen molar-refractivity contribution in [3.63, 3.8) is 0 Å². The molecule has 1 spiro atoms. The number of rotatable bonds is 12. The van der Waals surface area contributed by atoms with Crippen LogP contribution in [0.15, 0.2) is 54.6 Å². The first-order valence-corrected chi connectivity index (χ1v) is 14.7. The van der Waals surface area contributed by atoms with Gasteiger partial charge in [0.15, 0.2) is 0 Å². The number of anilines is 1. The highest BCUT2D eigenvalue weighted by Gasteiger charge is 2.73. The van der Waals surface area contributed by atoms with E-state index in [1.54, 1.807) is 48.0 Å². The van der Waals surface area contributed by atoms with E-state index >= 15 is 0 Å². The average Bonchev–Trinajstić information content (AvgIpc) is 3.60. The molecule has 0 saturated carbocycles. The van der Waals surface area contributed by atoms with Crippen molar-refractivity contribution in [3.05, 3.63) is 60.2 Å². The molecule has 3 fully saturated rings. The summed E-state index contributed by atoms with van der Waals surface area (Å²) >= 11 is 1.68. The number of fused-ring (bicyclic) bond motifs is 1. The summed E-state index contributed by atoms with van der Waals surface area (Å²) < 4.78 is 4.62. The van der Waals surface area contributed by atoms with Crippen molar-refractivity contribution in [1.82, 2.24) is 10.2 Å². The van der Waals surface area contributed by atoms with Gasteiger partial charge in [0.1, 0.15) is 11.8 Å². The van der Waals surface area contributed by atoms with Crippen molar-refractivity contribution in [3.8, 4) is 5.75 Å². The number of unbranched alkanes of at least 4 members (excludes halogenated alkanes) is 3. The Bertz CT molecular complexity index is 1180. The van der Waals surface area contributed by atoms with Crippen molar-refractivity contribution in [2.45, 2.75) is 61.1 Å². The Balaban J connectivity index is 1.37. The minimum atomic E-state index is -0.642. The molecule has 0 aromatic heterocycles. The molecule has 3 aliphatic rings. The molecular weight excluding hydrogens is 514 g/mol. The van der Waals surface area contributed by atoms with Crippen molar-refractivity contribution >= 4 is 35.2 Å². The Morgan fingerprint density at radius 1 is 1.05 bits per heavy atom. The van der Waals surface area contributed by atoms with Crippen LogP contribution in [-0.2, 0) is 20.9 Å². The lowest BCUT2D eigenvalue weighted by molar-refractivity contribution is -0.139.